The molecule has 0 radical (unpaired) electrons. The van der Waals surface area contributed by atoms with E-state index in [4.69, 9.17) is 4.74 Å². The first-order chi connectivity index (χ1) is 15.3. The number of hydrogen-bond donors (Lipinski definition) is 1. The van der Waals surface area contributed by atoms with Crippen molar-refractivity contribution < 1.29 is 19.4 Å². The zero-order valence-electron chi connectivity index (χ0n) is 18.7. The van der Waals surface area contributed by atoms with Crippen molar-refractivity contribution in [1.82, 2.24) is 9.80 Å². The zero-order chi connectivity index (χ0) is 23.3. The first kappa shape index (κ1) is 24.0. The van der Waals surface area contributed by atoms with Crippen LogP contribution in [0.1, 0.15) is 36.9 Å². The summed E-state index contributed by atoms with van der Waals surface area (Å²) in [5, 5.41) is 11.1. The molecular weight excluding hydrogens is 472 g/mol. The highest BCUT2D eigenvalue weighted by atomic mass is 79.9. The molecule has 0 aromatic heterocycles. The molecule has 1 aliphatic heterocycles. The Labute approximate surface area is 197 Å². The van der Waals surface area contributed by atoms with Crippen LogP contribution in [0.2, 0.25) is 0 Å². The Hall–Kier alpha value is -2.64. The molecule has 0 spiro atoms. The van der Waals surface area contributed by atoms with Crippen LogP contribution in [-0.4, -0.2) is 60.4 Å². The van der Waals surface area contributed by atoms with Gasteiger partial charge in [-0.2, -0.15) is 0 Å². The monoisotopic (exact) mass is 500 g/mol. The van der Waals surface area contributed by atoms with Crippen molar-refractivity contribution in [2.24, 2.45) is 0 Å². The van der Waals surface area contributed by atoms with Crippen molar-refractivity contribution in [2.45, 2.75) is 25.8 Å². The van der Waals surface area contributed by atoms with E-state index in [-0.39, 0.29) is 11.3 Å². The van der Waals surface area contributed by atoms with Crippen LogP contribution in [0.15, 0.2) is 58.6 Å². The molecule has 2 aromatic rings. The second-order valence-electron chi connectivity index (χ2n) is 8.08. The molecule has 0 unspecified atom stereocenters. The molecule has 32 heavy (non-hydrogen) atoms. The normalized spacial score (nSPS) is 17.9. The molecule has 1 heterocycles. The summed E-state index contributed by atoms with van der Waals surface area (Å²) in [6, 6.07) is 13.8. The zero-order valence-corrected chi connectivity index (χ0v) is 20.3. The molecule has 1 saturated heterocycles. The van der Waals surface area contributed by atoms with Crippen LogP contribution in [0.5, 0.6) is 5.75 Å². The van der Waals surface area contributed by atoms with Crippen LogP contribution >= 0.6 is 15.9 Å². The van der Waals surface area contributed by atoms with Crippen LogP contribution in [0, 0.1) is 0 Å². The minimum absolute atomic E-state index is 0.106. The van der Waals surface area contributed by atoms with Crippen molar-refractivity contribution in [3.63, 3.8) is 0 Å². The van der Waals surface area contributed by atoms with Gasteiger partial charge in [-0.3, -0.25) is 9.59 Å². The summed E-state index contributed by atoms with van der Waals surface area (Å²) < 4.78 is 6.63. The van der Waals surface area contributed by atoms with Crippen molar-refractivity contribution in [2.75, 3.05) is 33.8 Å². The van der Waals surface area contributed by atoms with Crippen molar-refractivity contribution in [3.05, 3.63) is 69.7 Å². The molecule has 1 aliphatic rings. The maximum absolute atomic E-state index is 13.1. The van der Waals surface area contributed by atoms with Crippen LogP contribution in [0.4, 0.5) is 0 Å². The van der Waals surface area contributed by atoms with Gasteiger partial charge in [-0.1, -0.05) is 47.1 Å². The second-order valence-corrected chi connectivity index (χ2v) is 8.99. The molecule has 1 atom stereocenters. The predicted molar refractivity (Wildman–Crippen MR) is 129 cm³/mol. The summed E-state index contributed by atoms with van der Waals surface area (Å²) in [4.78, 5) is 29.7. The number of carbonyl (C=O) groups is 2. The van der Waals surface area contributed by atoms with E-state index in [2.05, 4.69) is 15.9 Å². The Kier molecular flexibility index (Phi) is 8.10. The van der Waals surface area contributed by atoms with E-state index in [0.29, 0.717) is 30.9 Å². The first-order valence-electron chi connectivity index (χ1n) is 10.7. The van der Waals surface area contributed by atoms with Crippen LogP contribution < -0.4 is 4.74 Å². The molecule has 0 saturated carbocycles. The van der Waals surface area contributed by atoms with Crippen LogP contribution in [-0.2, 0) is 9.59 Å². The minimum atomic E-state index is -0.675. The molecule has 2 aromatic carbocycles. The lowest BCUT2D eigenvalue weighted by molar-refractivity contribution is -0.139. The Morgan fingerprint density at radius 1 is 1.16 bits per heavy atom. The van der Waals surface area contributed by atoms with Gasteiger partial charge < -0.3 is 19.6 Å². The average molecular weight is 501 g/mol. The van der Waals surface area contributed by atoms with Gasteiger partial charge >= 0.3 is 0 Å². The molecule has 7 heteroatoms. The average Bonchev–Trinajstić information content (AvgIpc) is 3.02. The van der Waals surface area contributed by atoms with Gasteiger partial charge in [0.25, 0.3) is 11.7 Å². The number of ketones is 1. The highest BCUT2D eigenvalue weighted by Crippen LogP contribution is 2.40. The van der Waals surface area contributed by atoms with E-state index >= 15 is 0 Å². The number of benzene rings is 2. The third-order valence-electron chi connectivity index (χ3n) is 5.31. The molecular formula is C25H29BrN2O4. The standard InChI is InChI=1S/C25H29BrN2O4/c1-4-15-32-20-8-5-7-18(16-20)22-21(23(29)17-9-11-19(26)12-10-17)24(30)25(31)28(22)14-6-13-27(2)3/h5,7-12,16,22,29H,4,6,13-15H2,1-3H3/t22-/m0/s1. The van der Waals surface area contributed by atoms with E-state index in [1.807, 2.05) is 50.2 Å². The summed E-state index contributed by atoms with van der Waals surface area (Å²) in [6.45, 7) is 3.79. The van der Waals surface area contributed by atoms with Gasteiger partial charge in [-0.05, 0) is 63.3 Å². The molecule has 6 nitrogen and oxygen atoms in total. The number of Topliss-reactive ketones (excluding diaryl/α,β-unsaturated/α-hetero) is 1. The number of rotatable bonds is 9. The first-order valence-corrected chi connectivity index (χ1v) is 11.5. The SMILES string of the molecule is CCCOc1cccc([C@H]2C(=C(O)c3ccc(Br)cc3)C(=O)C(=O)N2CCCN(C)C)c1. The van der Waals surface area contributed by atoms with E-state index in [0.717, 1.165) is 23.0 Å². The van der Waals surface area contributed by atoms with Crippen molar-refractivity contribution in [1.29, 1.82) is 0 Å². The molecule has 170 valence electrons. The summed E-state index contributed by atoms with van der Waals surface area (Å²) in [6.07, 6.45) is 1.58. The number of carbonyl (C=O) groups excluding carboxylic acids is 2. The van der Waals surface area contributed by atoms with E-state index in [1.165, 1.54) is 0 Å². The summed E-state index contributed by atoms with van der Waals surface area (Å²) in [5.41, 5.74) is 1.33. The fourth-order valence-corrected chi connectivity index (χ4v) is 4.04. The van der Waals surface area contributed by atoms with Gasteiger partial charge in [-0.25, -0.2) is 0 Å². The number of hydrogen-bond acceptors (Lipinski definition) is 5. The van der Waals surface area contributed by atoms with Crippen LogP contribution in [0.25, 0.3) is 5.76 Å². The lowest BCUT2D eigenvalue weighted by atomic mass is 9.95. The van der Waals surface area contributed by atoms with Gasteiger partial charge in [0.1, 0.15) is 11.5 Å². The Morgan fingerprint density at radius 2 is 1.88 bits per heavy atom. The highest BCUT2D eigenvalue weighted by Gasteiger charge is 2.45. The van der Waals surface area contributed by atoms with Gasteiger partial charge in [0.2, 0.25) is 0 Å². The number of likely N-dealkylation sites (tertiary alicyclic amines) is 1. The summed E-state index contributed by atoms with van der Waals surface area (Å²) >= 11 is 3.38. The van der Waals surface area contributed by atoms with E-state index < -0.39 is 17.7 Å². The quantitative estimate of drug-likeness (QED) is 0.309. The van der Waals surface area contributed by atoms with Gasteiger partial charge in [0, 0.05) is 16.6 Å². The molecule has 0 aliphatic carbocycles. The fourth-order valence-electron chi connectivity index (χ4n) is 3.77. The number of amides is 1. The fraction of sp³-hybridized carbons (Fsp3) is 0.360. The van der Waals surface area contributed by atoms with E-state index in [1.54, 1.807) is 29.2 Å². The largest absolute Gasteiger partial charge is 0.507 e. The maximum atomic E-state index is 13.1. The number of aliphatic hydroxyl groups is 1. The predicted octanol–water partition coefficient (Wildman–Crippen LogP) is 4.61. The van der Waals surface area contributed by atoms with Gasteiger partial charge in [0.05, 0.1) is 18.2 Å². The lowest BCUT2D eigenvalue weighted by Gasteiger charge is -2.26. The number of nitrogens with zero attached hydrogens (tertiary/aromatic N) is 2. The topological polar surface area (TPSA) is 70.1 Å². The van der Waals surface area contributed by atoms with E-state index in [9.17, 15) is 14.7 Å². The van der Waals surface area contributed by atoms with Gasteiger partial charge in [0.15, 0.2) is 0 Å². The number of ether oxygens (including phenoxy) is 1. The Morgan fingerprint density at radius 3 is 2.53 bits per heavy atom. The molecule has 3 rings (SSSR count). The second kappa shape index (κ2) is 10.8. The smallest absolute Gasteiger partial charge is 0.295 e. The summed E-state index contributed by atoms with van der Waals surface area (Å²) in [7, 11) is 3.93. The van der Waals surface area contributed by atoms with Crippen LogP contribution in [0.3, 0.4) is 0 Å². The third-order valence-corrected chi connectivity index (χ3v) is 5.84. The lowest BCUT2D eigenvalue weighted by Crippen LogP contribution is -2.32. The maximum Gasteiger partial charge on any atom is 0.295 e. The highest BCUT2D eigenvalue weighted by molar-refractivity contribution is 9.10. The van der Waals surface area contributed by atoms with Gasteiger partial charge in [-0.15, -0.1) is 0 Å². The third kappa shape index (κ3) is 5.40. The van der Waals surface area contributed by atoms with Crippen molar-refractivity contribution in [3.8, 4) is 5.75 Å². The Bertz CT molecular complexity index is 1000. The number of aliphatic hydroxyl groups excluding tert-OH is 1. The molecule has 1 N–H and O–H groups in total. The minimum Gasteiger partial charge on any atom is -0.507 e. The number of halogens is 1. The molecule has 1 amide bonds. The molecule has 1 fully saturated rings. The summed E-state index contributed by atoms with van der Waals surface area (Å²) in [5.74, 6) is -0.754. The molecule has 0 bridgehead atoms. The Balaban J connectivity index is 2.07. The van der Waals surface area contributed by atoms with Crippen molar-refractivity contribution >= 4 is 33.4 Å².